The van der Waals surface area contributed by atoms with Crippen molar-refractivity contribution in [2.45, 2.75) is 6.92 Å². The molecule has 0 aliphatic heterocycles. The number of nitrogens with zero attached hydrogens (tertiary/aromatic N) is 3. The summed E-state index contributed by atoms with van der Waals surface area (Å²) in [5, 5.41) is 13.8. The van der Waals surface area contributed by atoms with Crippen LogP contribution in [0.1, 0.15) is 21.7 Å². The van der Waals surface area contributed by atoms with Crippen molar-refractivity contribution >= 4 is 33.7 Å². The van der Waals surface area contributed by atoms with Crippen molar-refractivity contribution in [1.29, 1.82) is 0 Å². The van der Waals surface area contributed by atoms with Gasteiger partial charge in [-0.05, 0) is 47.1 Å². The number of hydrogen-bond acceptors (Lipinski definition) is 5. The molecule has 0 spiro atoms. The van der Waals surface area contributed by atoms with E-state index in [2.05, 4.69) is 31.4 Å². The number of aryl methyl sites for hydroxylation is 1. The number of pyridine rings is 1. The number of hydrogen-bond donors (Lipinski definition) is 2. The largest absolute Gasteiger partial charge is 0.504 e. The number of imidazole rings is 1. The standard InChI is InChI=1S/C17H15BrN4O3/c1-10-16(22-6-4-3-5-15(22)20-10)17(24)21-19-9-11-7-13(23)14(25-2)8-12(11)18/h3-9,23H,1-2H3,(H,21,24)/b19-9-. The van der Waals surface area contributed by atoms with Crippen LogP contribution in [0.25, 0.3) is 5.65 Å². The van der Waals surface area contributed by atoms with E-state index in [1.165, 1.54) is 19.4 Å². The number of benzene rings is 1. The van der Waals surface area contributed by atoms with Crippen molar-refractivity contribution in [3.05, 3.63) is 58.0 Å². The van der Waals surface area contributed by atoms with E-state index in [0.717, 1.165) is 0 Å². The number of phenolic OH excluding ortho intramolecular Hbond substituents is 1. The van der Waals surface area contributed by atoms with Gasteiger partial charge in [-0.25, -0.2) is 10.4 Å². The van der Waals surface area contributed by atoms with Gasteiger partial charge in [-0.3, -0.25) is 9.20 Å². The van der Waals surface area contributed by atoms with Crippen molar-refractivity contribution in [3.63, 3.8) is 0 Å². The predicted molar refractivity (Wildman–Crippen MR) is 97.3 cm³/mol. The van der Waals surface area contributed by atoms with Crippen LogP contribution in [0.15, 0.2) is 46.1 Å². The molecule has 0 radical (unpaired) electrons. The van der Waals surface area contributed by atoms with Gasteiger partial charge in [0.15, 0.2) is 11.5 Å². The Labute approximate surface area is 152 Å². The number of aromatic nitrogens is 2. The highest BCUT2D eigenvalue weighted by atomic mass is 79.9. The van der Waals surface area contributed by atoms with Gasteiger partial charge in [0.05, 0.1) is 19.0 Å². The number of amides is 1. The molecule has 2 N–H and O–H groups in total. The number of rotatable bonds is 4. The molecule has 0 aliphatic rings. The van der Waals surface area contributed by atoms with E-state index in [0.29, 0.717) is 32.8 Å². The fraction of sp³-hybridized carbons (Fsp3) is 0.118. The van der Waals surface area contributed by atoms with Crippen LogP contribution >= 0.6 is 15.9 Å². The summed E-state index contributed by atoms with van der Waals surface area (Å²) in [5.41, 5.74) is 4.79. The molecule has 1 aromatic carbocycles. The molecular weight excluding hydrogens is 388 g/mol. The molecule has 3 rings (SSSR count). The first-order valence-electron chi connectivity index (χ1n) is 7.35. The number of fused-ring (bicyclic) bond motifs is 1. The second kappa shape index (κ2) is 6.94. The van der Waals surface area contributed by atoms with Gasteiger partial charge in [0, 0.05) is 16.2 Å². The van der Waals surface area contributed by atoms with Gasteiger partial charge in [0.1, 0.15) is 11.3 Å². The van der Waals surface area contributed by atoms with Gasteiger partial charge >= 0.3 is 0 Å². The lowest BCUT2D eigenvalue weighted by Gasteiger charge is -2.06. The van der Waals surface area contributed by atoms with Crippen molar-refractivity contribution in [3.8, 4) is 11.5 Å². The minimum Gasteiger partial charge on any atom is -0.504 e. The van der Waals surface area contributed by atoms with Crippen LogP contribution in [-0.2, 0) is 0 Å². The van der Waals surface area contributed by atoms with Crippen LogP contribution in [0.5, 0.6) is 11.5 Å². The highest BCUT2D eigenvalue weighted by Crippen LogP contribution is 2.31. The van der Waals surface area contributed by atoms with Crippen LogP contribution in [0.4, 0.5) is 0 Å². The van der Waals surface area contributed by atoms with Gasteiger partial charge in [0.2, 0.25) is 0 Å². The van der Waals surface area contributed by atoms with Gasteiger partial charge in [0.25, 0.3) is 5.91 Å². The average Bonchev–Trinajstić information content (AvgIpc) is 2.93. The maximum atomic E-state index is 12.4. The third-order valence-corrected chi connectivity index (χ3v) is 4.27. The maximum Gasteiger partial charge on any atom is 0.290 e. The van der Waals surface area contributed by atoms with E-state index in [1.54, 1.807) is 23.6 Å². The first-order valence-corrected chi connectivity index (χ1v) is 8.14. The highest BCUT2D eigenvalue weighted by molar-refractivity contribution is 9.10. The molecule has 0 bridgehead atoms. The Bertz CT molecular complexity index is 981. The molecule has 2 aromatic heterocycles. The zero-order chi connectivity index (χ0) is 18.0. The summed E-state index contributed by atoms with van der Waals surface area (Å²) in [4.78, 5) is 16.8. The second-order valence-electron chi connectivity index (χ2n) is 5.22. The second-order valence-corrected chi connectivity index (χ2v) is 6.07. The molecule has 3 aromatic rings. The summed E-state index contributed by atoms with van der Waals surface area (Å²) in [7, 11) is 1.47. The van der Waals surface area contributed by atoms with E-state index in [1.807, 2.05) is 18.2 Å². The number of carbonyl (C=O) groups is 1. The van der Waals surface area contributed by atoms with Crippen LogP contribution in [-0.4, -0.2) is 33.7 Å². The number of nitrogens with one attached hydrogen (secondary N) is 1. The van der Waals surface area contributed by atoms with E-state index < -0.39 is 0 Å². The lowest BCUT2D eigenvalue weighted by Crippen LogP contribution is -2.20. The number of halogens is 1. The van der Waals surface area contributed by atoms with Crippen molar-refractivity contribution in [2.75, 3.05) is 7.11 Å². The molecule has 0 saturated carbocycles. The highest BCUT2D eigenvalue weighted by Gasteiger charge is 2.15. The Morgan fingerprint density at radius 1 is 1.44 bits per heavy atom. The first kappa shape index (κ1) is 17.0. The molecule has 0 atom stereocenters. The number of ether oxygens (including phenoxy) is 1. The third kappa shape index (κ3) is 3.34. The van der Waals surface area contributed by atoms with Crippen LogP contribution in [0.3, 0.4) is 0 Å². The lowest BCUT2D eigenvalue weighted by molar-refractivity contribution is 0.0948. The zero-order valence-corrected chi connectivity index (χ0v) is 15.1. The third-order valence-electron chi connectivity index (χ3n) is 3.59. The Hall–Kier alpha value is -2.87. The molecule has 2 heterocycles. The van der Waals surface area contributed by atoms with E-state index in [-0.39, 0.29) is 11.7 Å². The summed E-state index contributed by atoms with van der Waals surface area (Å²) >= 11 is 3.36. The molecule has 0 unspecified atom stereocenters. The van der Waals surface area contributed by atoms with Crippen molar-refractivity contribution in [1.82, 2.24) is 14.8 Å². The number of methoxy groups -OCH3 is 1. The Balaban J connectivity index is 1.81. The van der Waals surface area contributed by atoms with Gasteiger partial charge in [-0.15, -0.1) is 0 Å². The summed E-state index contributed by atoms with van der Waals surface area (Å²) < 4.78 is 7.40. The molecule has 25 heavy (non-hydrogen) atoms. The topological polar surface area (TPSA) is 88.2 Å². The van der Waals surface area contributed by atoms with Crippen molar-refractivity contribution in [2.24, 2.45) is 5.10 Å². The Kier molecular flexibility index (Phi) is 4.71. The molecule has 0 aliphatic carbocycles. The van der Waals surface area contributed by atoms with Gasteiger partial charge in [-0.1, -0.05) is 6.07 Å². The molecular formula is C17H15BrN4O3. The molecule has 1 amide bonds. The predicted octanol–water partition coefficient (Wildman–Crippen LogP) is 2.88. The minimum absolute atomic E-state index is 0.0175. The van der Waals surface area contributed by atoms with Gasteiger partial charge in [-0.2, -0.15) is 5.10 Å². The summed E-state index contributed by atoms with van der Waals surface area (Å²) in [6, 6.07) is 8.61. The summed E-state index contributed by atoms with van der Waals surface area (Å²) in [6.45, 7) is 1.77. The average molecular weight is 403 g/mol. The normalized spacial score (nSPS) is 11.2. The summed E-state index contributed by atoms with van der Waals surface area (Å²) in [6.07, 6.45) is 3.20. The summed E-state index contributed by atoms with van der Waals surface area (Å²) in [5.74, 6) is -0.0492. The smallest absolute Gasteiger partial charge is 0.290 e. The minimum atomic E-state index is -0.374. The fourth-order valence-corrected chi connectivity index (χ4v) is 2.85. The quantitative estimate of drug-likeness (QED) is 0.518. The number of hydrazone groups is 1. The van der Waals surface area contributed by atoms with E-state index in [9.17, 15) is 9.90 Å². The van der Waals surface area contributed by atoms with Gasteiger partial charge < -0.3 is 9.84 Å². The van der Waals surface area contributed by atoms with Crippen molar-refractivity contribution < 1.29 is 14.6 Å². The van der Waals surface area contributed by atoms with E-state index >= 15 is 0 Å². The fourth-order valence-electron chi connectivity index (χ4n) is 2.42. The van der Waals surface area contributed by atoms with Crippen LogP contribution in [0.2, 0.25) is 0 Å². The van der Waals surface area contributed by atoms with Crippen LogP contribution in [0, 0.1) is 6.92 Å². The molecule has 8 heteroatoms. The zero-order valence-electron chi connectivity index (χ0n) is 13.5. The number of phenols is 1. The van der Waals surface area contributed by atoms with Crippen LogP contribution < -0.4 is 10.2 Å². The Morgan fingerprint density at radius 2 is 2.24 bits per heavy atom. The number of aromatic hydroxyl groups is 1. The Morgan fingerprint density at radius 3 is 3.00 bits per heavy atom. The first-order chi connectivity index (χ1) is 12.0. The molecule has 0 fully saturated rings. The number of carbonyl (C=O) groups excluding carboxylic acids is 1. The lowest BCUT2D eigenvalue weighted by atomic mass is 10.2. The maximum absolute atomic E-state index is 12.4. The molecule has 128 valence electrons. The monoisotopic (exact) mass is 402 g/mol. The molecule has 0 saturated heterocycles. The van der Waals surface area contributed by atoms with E-state index in [4.69, 9.17) is 4.74 Å². The molecule has 7 nitrogen and oxygen atoms in total. The SMILES string of the molecule is COc1cc(Br)c(/C=N\NC(=O)c2c(C)nc3ccccn23)cc1O.